The molecule has 1 aliphatic heterocycles. The van der Waals surface area contributed by atoms with Crippen LogP contribution in [-0.4, -0.2) is 30.6 Å². The van der Waals surface area contributed by atoms with Crippen molar-refractivity contribution >= 4 is 23.5 Å². The molecule has 0 radical (unpaired) electrons. The molecule has 22 heavy (non-hydrogen) atoms. The minimum Gasteiger partial charge on any atom is -0.870 e. The number of hydrogen-bond acceptors (Lipinski definition) is 7. The second-order valence-corrected chi connectivity index (χ2v) is 4.24. The van der Waals surface area contributed by atoms with E-state index in [1.54, 1.807) is 0 Å². The molecule has 0 fully saturated rings. The van der Waals surface area contributed by atoms with E-state index < -0.39 is 34.8 Å². The predicted octanol–water partition coefficient (Wildman–Crippen LogP) is -3.76. The number of carbonyl (C=O) groups is 4. The van der Waals surface area contributed by atoms with Crippen LogP contribution in [0, 0.1) is 0 Å². The largest absolute Gasteiger partial charge is 1.00 e. The van der Waals surface area contributed by atoms with Crippen LogP contribution in [0.25, 0.3) is 0 Å². The van der Waals surface area contributed by atoms with Crippen molar-refractivity contribution in [2.75, 3.05) is 7.11 Å². The summed E-state index contributed by atoms with van der Waals surface area (Å²) in [6.45, 7) is 1.34. The van der Waals surface area contributed by atoms with Gasteiger partial charge in [-0.15, -0.1) is 0 Å². The topological polar surface area (TPSA) is 110 Å². The summed E-state index contributed by atoms with van der Waals surface area (Å²) in [6, 6.07) is 0. The zero-order valence-corrected chi connectivity index (χ0v) is 15.2. The van der Waals surface area contributed by atoms with Crippen molar-refractivity contribution < 1.29 is 85.1 Å². The molecule has 0 atom stereocenters. The first kappa shape index (κ1) is 18.7. The van der Waals surface area contributed by atoms with E-state index >= 15 is 0 Å². The number of rotatable bonds is 3. The van der Waals surface area contributed by atoms with Gasteiger partial charge in [-0.25, -0.2) is 9.59 Å². The van der Waals surface area contributed by atoms with Crippen LogP contribution in [0.5, 0.6) is 0 Å². The van der Waals surface area contributed by atoms with Gasteiger partial charge < -0.3 is 14.6 Å². The van der Waals surface area contributed by atoms with Gasteiger partial charge in [0.15, 0.2) is 11.6 Å². The van der Waals surface area contributed by atoms with Crippen molar-refractivity contribution in [1.82, 2.24) is 0 Å². The van der Waals surface area contributed by atoms with Gasteiger partial charge in [-0.1, -0.05) is 11.8 Å². The molecule has 0 aromatic heterocycles. The van der Waals surface area contributed by atoms with Crippen LogP contribution in [0.4, 0.5) is 0 Å². The fourth-order valence-corrected chi connectivity index (χ4v) is 1.80. The molecule has 2 aliphatic rings. The Balaban J connectivity index is 0.00000242. The van der Waals surface area contributed by atoms with E-state index in [1.165, 1.54) is 6.92 Å². The van der Waals surface area contributed by atoms with Crippen molar-refractivity contribution in [3.8, 4) is 0 Å². The molecule has 2 rings (SSSR count). The van der Waals surface area contributed by atoms with E-state index in [0.29, 0.717) is 0 Å². The molecule has 0 unspecified atom stereocenters. The molecule has 7 nitrogen and oxygen atoms in total. The van der Waals surface area contributed by atoms with Gasteiger partial charge in [-0.05, 0) is 13.0 Å². The van der Waals surface area contributed by atoms with Crippen molar-refractivity contribution in [3.05, 3.63) is 46.5 Å². The van der Waals surface area contributed by atoms with Gasteiger partial charge in [0.25, 0.3) is 0 Å². The Morgan fingerprint density at radius 2 is 1.91 bits per heavy atom. The molecule has 0 aromatic carbocycles. The van der Waals surface area contributed by atoms with E-state index in [2.05, 4.69) is 4.74 Å². The predicted molar refractivity (Wildman–Crippen MR) is 65.1 cm³/mol. The van der Waals surface area contributed by atoms with Crippen LogP contribution < -0.4 is 56.5 Å². The number of ketones is 2. The third-order valence-electron chi connectivity index (χ3n) is 2.82. The first-order valence-electron chi connectivity index (χ1n) is 5.77. The van der Waals surface area contributed by atoms with Gasteiger partial charge >= 0.3 is 63.3 Å². The molecular formula is C14H9KO7. The van der Waals surface area contributed by atoms with Crippen LogP contribution in [0.3, 0.4) is 0 Å². The molecule has 108 valence electrons. The second-order valence-electron chi connectivity index (χ2n) is 4.24. The molecule has 0 saturated carbocycles. The normalized spacial score (nSPS) is 17.1. The van der Waals surface area contributed by atoms with Gasteiger partial charge in [0.2, 0.25) is 0 Å². The SMILES string of the molecule is COC(=O)/C(C)=C\C(=O)C1=C2C=C([O-])C(=O)C=C2OC1=O.[K+]. The average molecular weight is 328 g/mol. The summed E-state index contributed by atoms with van der Waals surface area (Å²) in [4.78, 5) is 46.2. The van der Waals surface area contributed by atoms with Crippen LogP contribution in [-0.2, 0) is 28.7 Å². The molecular weight excluding hydrogens is 319 g/mol. The molecule has 1 aliphatic carbocycles. The number of esters is 2. The zero-order chi connectivity index (χ0) is 15.7. The van der Waals surface area contributed by atoms with E-state index in [9.17, 15) is 24.3 Å². The maximum Gasteiger partial charge on any atom is 1.00 e. The maximum atomic E-state index is 12.0. The van der Waals surface area contributed by atoms with Crippen molar-refractivity contribution in [3.63, 3.8) is 0 Å². The van der Waals surface area contributed by atoms with Gasteiger partial charge in [0, 0.05) is 17.2 Å². The number of ether oxygens (including phenoxy) is 2. The summed E-state index contributed by atoms with van der Waals surface area (Å²) in [7, 11) is 1.15. The number of fused-ring (bicyclic) bond motifs is 1. The molecule has 0 aromatic rings. The van der Waals surface area contributed by atoms with Crippen molar-refractivity contribution in [1.29, 1.82) is 0 Å². The molecule has 0 bridgehead atoms. The Kier molecular flexibility index (Phi) is 6.21. The van der Waals surface area contributed by atoms with Crippen LogP contribution >= 0.6 is 0 Å². The Hall–Kier alpha value is -1.32. The van der Waals surface area contributed by atoms with Crippen LogP contribution in [0.15, 0.2) is 46.5 Å². The Bertz CT molecular complexity index is 707. The number of carbonyl (C=O) groups excluding carboxylic acids is 4. The van der Waals surface area contributed by atoms with Crippen molar-refractivity contribution in [2.45, 2.75) is 6.92 Å². The van der Waals surface area contributed by atoms with Gasteiger partial charge in [-0.3, -0.25) is 9.59 Å². The number of allylic oxidation sites excluding steroid dienone is 3. The minimum atomic E-state index is -0.978. The monoisotopic (exact) mass is 328 g/mol. The van der Waals surface area contributed by atoms with Crippen LogP contribution in [0.2, 0.25) is 0 Å². The number of methoxy groups -OCH3 is 1. The molecule has 0 N–H and O–H groups in total. The maximum absolute atomic E-state index is 12.0. The van der Waals surface area contributed by atoms with E-state index in [-0.39, 0.29) is 68.3 Å². The first-order valence-corrected chi connectivity index (χ1v) is 5.77. The van der Waals surface area contributed by atoms with Gasteiger partial charge in [0.1, 0.15) is 11.3 Å². The van der Waals surface area contributed by atoms with Crippen molar-refractivity contribution in [2.24, 2.45) is 0 Å². The zero-order valence-electron chi connectivity index (χ0n) is 12.1. The second kappa shape index (κ2) is 7.29. The number of hydrogen-bond donors (Lipinski definition) is 0. The molecule has 0 saturated heterocycles. The smallest absolute Gasteiger partial charge is 0.870 e. The van der Waals surface area contributed by atoms with Gasteiger partial charge in [0.05, 0.1) is 7.11 Å². The molecule has 0 amide bonds. The third-order valence-corrected chi connectivity index (χ3v) is 2.82. The van der Waals surface area contributed by atoms with E-state index in [0.717, 1.165) is 25.3 Å². The summed E-state index contributed by atoms with van der Waals surface area (Å²) in [5.41, 5.74) is -0.465. The molecule has 8 heteroatoms. The van der Waals surface area contributed by atoms with Gasteiger partial charge in [-0.2, -0.15) is 0 Å². The summed E-state index contributed by atoms with van der Waals surface area (Å²) in [6.07, 6.45) is 2.64. The Labute approximate surface area is 167 Å². The minimum absolute atomic E-state index is 0. The standard InChI is InChI=1S/C14H10O7.K/c1-6(13(18)20-2)3-10(17)12-7-4-8(15)9(16)5-11(7)21-14(12)19;/h3-5,15H,1-2H3;/q;+1/p-1/b6-3-;. The van der Waals surface area contributed by atoms with E-state index in [1.807, 2.05) is 0 Å². The van der Waals surface area contributed by atoms with Crippen LogP contribution in [0.1, 0.15) is 6.92 Å². The summed E-state index contributed by atoms with van der Waals surface area (Å²) in [5, 5.41) is 11.3. The molecule has 0 spiro atoms. The fourth-order valence-electron chi connectivity index (χ4n) is 1.80. The average Bonchev–Trinajstić information content (AvgIpc) is 2.73. The third kappa shape index (κ3) is 3.53. The fraction of sp³-hybridized carbons (Fsp3) is 0.143. The molecule has 1 heterocycles. The summed E-state index contributed by atoms with van der Waals surface area (Å²) >= 11 is 0. The Morgan fingerprint density at radius 1 is 1.27 bits per heavy atom. The Morgan fingerprint density at radius 3 is 2.50 bits per heavy atom. The summed E-state index contributed by atoms with van der Waals surface area (Å²) in [5.74, 6) is -4.34. The summed E-state index contributed by atoms with van der Waals surface area (Å²) < 4.78 is 9.19. The quantitative estimate of drug-likeness (QED) is 0.226. The van der Waals surface area contributed by atoms with E-state index in [4.69, 9.17) is 4.74 Å². The first-order chi connectivity index (χ1) is 9.85.